The molecule has 144 valence electrons. The van der Waals surface area contributed by atoms with E-state index in [-0.39, 0.29) is 6.61 Å². The van der Waals surface area contributed by atoms with E-state index < -0.39 is 0 Å². The number of H-pyrrole nitrogens is 2. The number of nitrogens with one attached hydrogen (secondary N) is 2. The summed E-state index contributed by atoms with van der Waals surface area (Å²) < 4.78 is 5.60. The van der Waals surface area contributed by atoms with Gasteiger partial charge in [-0.2, -0.15) is 0 Å². The summed E-state index contributed by atoms with van der Waals surface area (Å²) in [4.78, 5) is 11.6. The van der Waals surface area contributed by atoms with E-state index in [1.165, 1.54) is 11.1 Å². The third kappa shape index (κ3) is 3.29. The van der Waals surface area contributed by atoms with Crippen LogP contribution in [-0.4, -0.2) is 28.8 Å². The van der Waals surface area contributed by atoms with Crippen LogP contribution >= 0.6 is 0 Å². The van der Waals surface area contributed by atoms with E-state index >= 15 is 0 Å². The highest BCUT2D eigenvalue weighted by Gasteiger charge is 2.11. The number of rotatable bonds is 5. The topological polar surface area (TPSA) is 73.4 Å². The number of aliphatic hydroxyl groups excluding tert-OH is 1. The van der Waals surface area contributed by atoms with E-state index in [2.05, 4.69) is 42.0 Å². The highest BCUT2D eigenvalue weighted by atomic mass is 16.5. The van der Waals surface area contributed by atoms with Crippen LogP contribution in [0.2, 0.25) is 0 Å². The average Bonchev–Trinajstić information content (AvgIpc) is 3.37. The van der Waals surface area contributed by atoms with Crippen LogP contribution in [-0.2, 0) is 6.42 Å². The minimum absolute atomic E-state index is 0.206. The summed E-state index contributed by atoms with van der Waals surface area (Å²) in [5.41, 5.74) is 5.59. The lowest BCUT2D eigenvalue weighted by molar-refractivity contribution is 0.288. The van der Waals surface area contributed by atoms with E-state index in [4.69, 9.17) is 14.8 Å². The summed E-state index contributed by atoms with van der Waals surface area (Å²) in [6, 6.07) is 10.1. The normalized spacial score (nSPS) is 15.4. The van der Waals surface area contributed by atoms with Crippen molar-refractivity contribution < 1.29 is 9.84 Å². The maximum atomic E-state index is 9.14. The second-order valence-electron chi connectivity index (χ2n) is 7.10. The first-order chi connectivity index (χ1) is 13.6. The van der Waals surface area contributed by atoms with E-state index in [0.29, 0.717) is 0 Å². The number of methoxy groups -OCH3 is 1. The molecule has 1 aliphatic rings. The summed E-state index contributed by atoms with van der Waals surface area (Å²) >= 11 is 0. The molecule has 3 N–H and O–H groups in total. The summed E-state index contributed by atoms with van der Waals surface area (Å²) in [5.74, 6) is 0.783. The van der Waals surface area contributed by atoms with Gasteiger partial charge in [0.2, 0.25) is 0 Å². The Morgan fingerprint density at radius 1 is 1.18 bits per heavy atom. The number of para-hydroxylation sites is 1. The molecule has 0 saturated carbocycles. The van der Waals surface area contributed by atoms with Gasteiger partial charge in [-0.15, -0.1) is 0 Å². The molecule has 0 fully saturated rings. The predicted octanol–water partition coefficient (Wildman–Crippen LogP) is 0.944. The molecular weight excluding hydrogens is 350 g/mol. The first-order valence-corrected chi connectivity index (χ1v) is 9.54. The lowest BCUT2D eigenvalue weighted by Crippen LogP contribution is -2.19. The number of hydrogen-bond acceptors (Lipinski definition) is 3. The van der Waals surface area contributed by atoms with Crippen LogP contribution in [0, 0.1) is 13.8 Å². The molecule has 28 heavy (non-hydrogen) atoms. The number of hydrogen-bond donors (Lipinski definition) is 3. The van der Waals surface area contributed by atoms with Crippen LogP contribution in [0.3, 0.4) is 0 Å². The molecule has 3 heterocycles. The van der Waals surface area contributed by atoms with Crippen molar-refractivity contribution in [3.8, 4) is 5.75 Å². The smallest absolute Gasteiger partial charge is 0.144 e. The number of fused-ring (bicyclic) bond motifs is 1. The van der Waals surface area contributed by atoms with Crippen LogP contribution in [0.4, 0.5) is 0 Å². The summed E-state index contributed by atoms with van der Waals surface area (Å²) in [7, 11) is 1.68. The third-order valence-electron chi connectivity index (χ3n) is 5.28. The fraction of sp³-hybridized carbons (Fsp3) is 0.261. The van der Waals surface area contributed by atoms with Crippen LogP contribution < -0.4 is 26.0 Å². The Labute approximate surface area is 163 Å². The van der Waals surface area contributed by atoms with E-state index in [9.17, 15) is 0 Å². The molecule has 0 amide bonds. The SMILES string of the molecule is COc1c/c(=C2\C=c3ccccc3=N2)[nH]c1=Cc1[nH]c(C)c(CCCO)c1C. The molecule has 2 aromatic heterocycles. The van der Waals surface area contributed by atoms with Crippen molar-refractivity contribution in [2.75, 3.05) is 13.7 Å². The number of aromatic nitrogens is 2. The van der Waals surface area contributed by atoms with E-state index in [0.717, 1.165) is 57.0 Å². The first-order valence-electron chi connectivity index (χ1n) is 9.54. The van der Waals surface area contributed by atoms with Gasteiger partial charge in [0, 0.05) is 29.3 Å². The fourth-order valence-corrected chi connectivity index (χ4v) is 3.76. The average molecular weight is 375 g/mol. The predicted molar refractivity (Wildman–Crippen MR) is 111 cm³/mol. The number of aromatic amines is 2. The molecule has 0 aliphatic carbocycles. The van der Waals surface area contributed by atoms with Crippen molar-refractivity contribution in [3.63, 3.8) is 0 Å². The fourth-order valence-electron chi connectivity index (χ4n) is 3.76. The van der Waals surface area contributed by atoms with Gasteiger partial charge in [-0.1, -0.05) is 18.2 Å². The zero-order chi connectivity index (χ0) is 19.7. The Bertz CT molecular complexity index is 1230. The molecule has 5 nitrogen and oxygen atoms in total. The quantitative estimate of drug-likeness (QED) is 0.621. The molecule has 0 unspecified atom stereocenters. The van der Waals surface area contributed by atoms with Crippen molar-refractivity contribution in [3.05, 3.63) is 74.1 Å². The van der Waals surface area contributed by atoms with Gasteiger partial charge in [-0.05, 0) is 56.0 Å². The number of aryl methyl sites for hydroxylation is 1. The van der Waals surface area contributed by atoms with Crippen LogP contribution in [0.15, 0.2) is 35.3 Å². The molecule has 0 saturated heterocycles. The second kappa shape index (κ2) is 7.52. The maximum absolute atomic E-state index is 9.14. The molecule has 0 atom stereocenters. The number of ether oxygens (including phenoxy) is 1. The van der Waals surface area contributed by atoms with Crippen molar-refractivity contribution in [1.29, 1.82) is 0 Å². The molecule has 4 rings (SSSR count). The van der Waals surface area contributed by atoms with Crippen molar-refractivity contribution in [2.45, 2.75) is 26.7 Å². The third-order valence-corrected chi connectivity index (χ3v) is 5.28. The van der Waals surface area contributed by atoms with Gasteiger partial charge in [0.05, 0.1) is 28.9 Å². The molecule has 1 aliphatic heterocycles. The molecule has 0 spiro atoms. The van der Waals surface area contributed by atoms with Crippen LogP contribution in [0.1, 0.15) is 28.9 Å². The van der Waals surface area contributed by atoms with Gasteiger partial charge in [-0.3, -0.25) is 0 Å². The van der Waals surface area contributed by atoms with E-state index in [1.54, 1.807) is 7.11 Å². The largest absolute Gasteiger partial charge is 0.494 e. The Morgan fingerprint density at radius 3 is 2.75 bits per heavy atom. The van der Waals surface area contributed by atoms with Crippen LogP contribution in [0.25, 0.3) is 17.8 Å². The Morgan fingerprint density at radius 2 is 2.00 bits per heavy atom. The molecule has 1 aromatic carbocycles. The minimum Gasteiger partial charge on any atom is -0.494 e. The zero-order valence-corrected chi connectivity index (χ0v) is 16.5. The van der Waals surface area contributed by atoms with Gasteiger partial charge in [0.15, 0.2) is 0 Å². The zero-order valence-electron chi connectivity index (χ0n) is 16.5. The van der Waals surface area contributed by atoms with Gasteiger partial charge in [0.25, 0.3) is 0 Å². The van der Waals surface area contributed by atoms with E-state index in [1.807, 2.05) is 24.3 Å². The maximum Gasteiger partial charge on any atom is 0.144 e. The van der Waals surface area contributed by atoms with Crippen molar-refractivity contribution in [2.24, 2.45) is 4.99 Å². The highest BCUT2D eigenvalue weighted by molar-refractivity contribution is 5.76. The molecule has 0 bridgehead atoms. The molecule has 5 heteroatoms. The summed E-state index contributed by atoms with van der Waals surface area (Å²) in [6.45, 7) is 4.40. The molecular formula is C23H25N3O2. The standard InChI is InChI=1S/C23H25N3O2/c1-14-17(8-6-10-27)15(2)24-19(14)12-22-23(28-3)13-21(26-22)20-11-16-7-4-5-9-18(16)25-20/h4-5,7,9,11-13,24,26-27H,6,8,10H2,1-3H3/b21-20-,22-12?. The van der Waals surface area contributed by atoms with Gasteiger partial charge in [-0.25, -0.2) is 4.99 Å². The number of nitrogens with zero attached hydrogens (tertiary/aromatic N) is 1. The Kier molecular flexibility index (Phi) is 4.92. The van der Waals surface area contributed by atoms with Crippen molar-refractivity contribution >= 4 is 17.8 Å². The lowest BCUT2D eigenvalue weighted by Gasteiger charge is -2.00. The Hall–Kier alpha value is -3.05. The monoisotopic (exact) mass is 375 g/mol. The summed E-state index contributed by atoms with van der Waals surface area (Å²) in [5, 5.41) is 13.1. The summed E-state index contributed by atoms with van der Waals surface area (Å²) in [6.07, 6.45) is 5.80. The van der Waals surface area contributed by atoms with Crippen LogP contribution in [0.5, 0.6) is 5.75 Å². The van der Waals surface area contributed by atoms with Gasteiger partial charge in [0.1, 0.15) is 5.75 Å². The van der Waals surface area contributed by atoms with Gasteiger partial charge < -0.3 is 19.8 Å². The lowest BCUT2D eigenvalue weighted by atomic mass is 10.1. The second-order valence-corrected chi connectivity index (χ2v) is 7.10. The van der Waals surface area contributed by atoms with Crippen molar-refractivity contribution in [1.82, 2.24) is 9.97 Å². The first kappa shape index (κ1) is 18.3. The molecule has 3 aromatic rings. The number of benzene rings is 1. The highest BCUT2D eigenvalue weighted by Crippen LogP contribution is 2.20. The molecule has 0 radical (unpaired) electrons. The van der Waals surface area contributed by atoms with Gasteiger partial charge >= 0.3 is 0 Å². The number of aliphatic hydroxyl groups is 1. The minimum atomic E-state index is 0.206. The Balaban J connectivity index is 1.83.